The first-order valence-electron chi connectivity index (χ1n) is 8.72. The lowest BCUT2D eigenvalue weighted by atomic mass is 10.1. The van der Waals surface area contributed by atoms with E-state index in [0.29, 0.717) is 24.3 Å². The van der Waals surface area contributed by atoms with E-state index in [0.717, 1.165) is 29.8 Å². The van der Waals surface area contributed by atoms with Crippen molar-refractivity contribution in [1.82, 2.24) is 24.3 Å². The van der Waals surface area contributed by atoms with Crippen LogP contribution in [-0.2, 0) is 27.2 Å². The summed E-state index contributed by atoms with van der Waals surface area (Å²) in [7, 11) is 3.13. The van der Waals surface area contributed by atoms with Crippen molar-refractivity contribution in [3.05, 3.63) is 56.1 Å². The number of nitrogens with one attached hydrogen (secondary N) is 1. The van der Waals surface area contributed by atoms with Gasteiger partial charge < -0.3 is 15.0 Å². The topological polar surface area (TPSA) is 92.4 Å². The number of hydrogen-bond acceptors (Lipinski definition) is 6. The zero-order valence-corrected chi connectivity index (χ0v) is 15.4. The first-order valence-corrected chi connectivity index (χ1v) is 8.72. The van der Waals surface area contributed by atoms with Crippen molar-refractivity contribution >= 4 is 0 Å². The molecule has 0 aliphatic carbocycles. The molecule has 1 unspecified atom stereocenters. The Bertz CT molecular complexity index is 912. The average Bonchev–Trinajstić information content (AvgIpc) is 3.14. The molecule has 1 aliphatic rings. The maximum atomic E-state index is 12.5. The molecule has 0 amide bonds. The number of aryl methyl sites for hydroxylation is 2. The van der Waals surface area contributed by atoms with E-state index in [9.17, 15) is 14.7 Å². The predicted octanol–water partition coefficient (Wildman–Crippen LogP) is -0.143. The van der Waals surface area contributed by atoms with Crippen LogP contribution in [0.25, 0.3) is 0 Å². The number of nitrogens with zero attached hydrogens (tertiary/aromatic N) is 4. The molecular formula is C18H25N5O3. The minimum absolute atomic E-state index is 0.153. The number of pyridine rings is 1. The minimum Gasteiger partial charge on any atom is -0.506 e. The average molecular weight is 359 g/mol. The number of aromatic nitrogens is 3. The fraction of sp³-hybridized carbons (Fsp3) is 0.500. The summed E-state index contributed by atoms with van der Waals surface area (Å²) in [6.45, 7) is 4.44. The Morgan fingerprint density at radius 3 is 2.77 bits per heavy atom. The van der Waals surface area contributed by atoms with Gasteiger partial charge in [-0.25, -0.2) is 4.79 Å². The lowest BCUT2D eigenvalue weighted by Gasteiger charge is -2.28. The van der Waals surface area contributed by atoms with Gasteiger partial charge in [-0.1, -0.05) is 0 Å². The van der Waals surface area contributed by atoms with Gasteiger partial charge in [0, 0.05) is 57.2 Å². The van der Waals surface area contributed by atoms with E-state index >= 15 is 0 Å². The molecule has 0 bridgehead atoms. The van der Waals surface area contributed by atoms with Gasteiger partial charge in [0.2, 0.25) is 0 Å². The lowest BCUT2D eigenvalue weighted by molar-refractivity contribution is 0.184. The third-order valence-corrected chi connectivity index (χ3v) is 4.88. The van der Waals surface area contributed by atoms with Crippen LogP contribution in [0.2, 0.25) is 0 Å². The molecule has 1 saturated heterocycles. The highest BCUT2D eigenvalue weighted by molar-refractivity contribution is 5.27. The summed E-state index contributed by atoms with van der Waals surface area (Å²) in [6, 6.07) is 3.65. The SMILES string of the molecule is Cc1ccc(O)c(CN(Cc2cn(C)c(=O)n(C)c2=O)C2CCNC2)n1. The molecule has 1 aliphatic heterocycles. The highest BCUT2D eigenvalue weighted by Gasteiger charge is 2.25. The summed E-state index contributed by atoms with van der Waals surface area (Å²) in [5, 5.41) is 13.5. The molecule has 1 fully saturated rings. The molecule has 2 aromatic rings. The maximum Gasteiger partial charge on any atom is 0.330 e. The third-order valence-electron chi connectivity index (χ3n) is 4.88. The van der Waals surface area contributed by atoms with Gasteiger partial charge in [-0.2, -0.15) is 0 Å². The lowest BCUT2D eigenvalue weighted by Crippen LogP contribution is -2.42. The van der Waals surface area contributed by atoms with Crippen LogP contribution in [0.5, 0.6) is 5.75 Å². The summed E-state index contributed by atoms with van der Waals surface area (Å²) < 4.78 is 2.55. The molecule has 1 atom stereocenters. The predicted molar refractivity (Wildman–Crippen MR) is 98.1 cm³/mol. The summed E-state index contributed by atoms with van der Waals surface area (Å²) >= 11 is 0. The van der Waals surface area contributed by atoms with E-state index in [2.05, 4.69) is 15.2 Å². The van der Waals surface area contributed by atoms with Crippen molar-refractivity contribution in [3.8, 4) is 5.75 Å². The summed E-state index contributed by atoms with van der Waals surface area (Å²) in [4.78, 5) is 31.0. The summed E-state index contributed by atoms with van der Waals surface area (Å²) in [6.07, 6.45) is 2.56. The Balaban J connectivity index is 1.94. The largest absolute Gasteiger partial charge is 0.506 e. The second kappa shape index (κ2) is 7.43. The molecule has 8 heteroatoms. The first-order chi connectivity index (χ1) is 12.4. The van der Waals surface area contributed by atoms with E-state index < -0.39 is 0 Å². The van der Waals surface area contributed by atoms with Crippen LogP contribution in [-0.4, -0.2) is 43.3 Å². The van der Waals surface area contributed by atoms with Crippen molar-refractivity contribution < 1.29 is 5.11 Å². The quantitative estimate of drug-likeness (QED) is 0.772. The van der Waals surface area contributed by atoms with Crippen LogP contribution < -0.4 is 16.6 Å². The van der Waals surface area contributed by atoms with Crippen LogP contribution in [0.1, 0.15) is 23.4 Å². The monoisotopic (exact) mass is 359 g/mol. The molecule has 2 N–H and O–H groups in total. The minimum atomic E-state index is -0.342. The Labute approximate surface area is 151 Å². The van der Waals surface area contributed by atoms with Crippen molar-refractivity contribution in [1.29, 1.82) is 0 Å². The summed E-state index contributed by atoms with van der Waals surface area (Å²) in [5.74, 6) is 0.153. The van der Waals surface area contributed by atoms with Gasteiger partial charge in [-0.3, -0.25) is 19.2 Å². The Morgan fingerprint density at radius 2 is 2.08 bits per heavy atom. The van der Waals surface area contributed by atoms with Gasteiger partial charge in [0.1, 0.15) is 5.75 Å². The van der Waals surface area contributed by atoms with Crippen LogP contribution in [0, 0.1) is 6.92 Å². The molecule has 0 saturated carbocycles. The van der Waals surface area contributed by atoms with Crippen molar-refractivity contribution in [3.63, 3.8) is 0 Å². The van der Waals surface area contributed by atoms with Crippen molar-refractivity contribution in [2.75, 3.05) is 13.1 Å². The number of hydrogen-bond donors (Lipinski definition) is 2. The Kier molecular flexibility index (Phi) is 5.24. The molecule has 8 nitrogen and oxygen atoms in total. The molecule has 0 radical (unpaired) electrons. The molecule has 26 heavy (non-hydrogen) atoms. The fourth-order valence-corrected chi connectivity index (χ4v) is 3.39. The van der Waals surface area contributed by atoms with Gasteiger partial charge in [0.05, 0.1) is 5.69 Å². The van der Waals surface area contributed by atoms with Crippen molar-refractivity contribution in [2.45, 2.75) is 32.5 Å². The Morgan fingerprint density at radius 1 is 1.31 bits per heavy atom. The van der Waals surface area contributed by atoms with E-state index in [1.54, 1.807) is 25.4 Å². The normalized spacial score (nSPS) is 17.2. The smallest absolute Gasteiger partial charge is 0.330 e. The molecule has 2 aromatic heterocycles. The second-order valence-electron chi connectivity index (χ2n) is 6.88. The van der Waals surface area contributed by atoms with Crippen LogP contribution in [0.3, 0.4) is 0 Å². The molecule has 3 rings (SSSR count). The van der Waals surface area contributed by atoms with Gasteiger partial charge in [-0.05, 0) is 32.0 Å². The van der Waals surface area contributed by atoms with E-state index in [4.69, 9.17) is 0 Å². The molecule has 140 valence electrons. The van der Waals surface area contributed by atoms with E-state index in [-0.39, 0.29) is 23.0 Å². The number of aromatic hydroxyl groups is 1. The number of rotatable bonds is 5. The summed E-state index contributed by atoms with van der Waals surface area (Å²) in [5.41, 5.74) is 1.35. The molecule has 0 aromatic carbocycles. The van der Waals surface area contributed by atoms with Gasteiger partial charge >= 0.3 is 5.69 Å². The van der Waals surface area contributed by atoms with Gasteiger partial charge in [0.15, 0.2) is 0 Å². The zero-order chi connectivity index (χ0) is 18.8. The molecule has 3 heterocycles. The highest BCUT2D eigenvalue weighted by Crippen LogP contribution is 2.21. The van der Waals surface area contributed by atoms with Gasteiger partial charge in [-0.15, -0.1) is 0 Å². The third kappa shape index (κ3) is 3.71. The molecule has 0 spiro atoms. The fourth-order valence-electron chi connectivity index (χ4n) is 3.39. The van der Waals surface area contributed by atoms with Crippen LogP contribution >= 0.6 is 0 Å². The second-order valence-corrected chi connectivity index (χ2v) is 6.88. The molecular weight excluding hydrogens is 334 g/mol. The first kappa shape index (κ1) is 18.3. The maximum absolute atomic E-state index is 12.5. The van der Waals surface area contributed by atoms with E-state index in [1.165, 1.54) is 11.6 Å². The van der Waals surface area contributed by atoms with E-state index in [1.807, 2.05) is 6.92 Å². The van der Waals surface area contributed by atoms with Crippen LogP contribution in [0.15, 0.2) is 27.9 Å². The standard InChI is InChI=1S/C18H25N5O3/c1-12-4-5-16(24)15(20-12)11-23(14-6-7-19-8-14)10-13-9-21(2)18(26)22(3)17(13)25/h4-5,9,14,19,24H,6-8,10-11H2,1-3H3. The highest BCUT2D eigenvalue weighted by atomic mass is 16.3. The van der Waals surface area contributed by atoms with Crippen LogP contribution in [0.4, 0.5) is 0 Å². The van der Waals surface area contributed by atoms with Gasteiger partial charge in [0.25, 0.3) is 5.56 Å². The Hall–Kier alpha value is -2.45. The zero-order valence-electron chi connectivity index (χ0n) is 15.4. The van der Waals surface area contributed by atoms with Crippen molar-refractivity contribution in [2.24, 2.45) is 14.1 Å².